The summed E-state index contributed by atoms with van der Waals surface area (Å²) in [5, 5.41) is 2.77. The van der Waals surface area contributed by atoms with Gasteiger partial charge in [-0.25, -0.2) is 4.79 Å². The Kier molecular flexibility index (Phi) is 4.75. The molecule has 1 atom stereocenters. The molecule has 1 aliphatic rings. The highest BCUT2D eigenvalue weighted by Crippen LogP contribution is 2.32. The lowest BCUT2D eigenvalue weighted by Crippen LogP contribution is -2.43. The molecule has 3 rings (SSSR count). The molecule has 2 aromatic rings. The quantitative estimate of drug-likeness (QED) is 0.641. The third-order valence-corrected chi connectivity index (χ3v) is 4.68. The van der Waals surface area contributed by atoms with Crippen molar-refractivity contribution < 1.29 is 19.1 Å². The zero-order valence-electron chi connectivity index (χ0n) is 14.7. The van der Waals surface area contributed by atoms with Crippen molar-refractivity contribution in [3.63, 3.8) is 0 Å². The Bertz CT molecular complexity index is 850. The Hall–Kier alpha value is -3.15. The molecule has 0 bridgehead atoms. The van der Waals surface area contributed by atoms with Crippen molar-refractivity contribution in [3.8, 4) is 5.75 Å². The number of carbonyl (C=O) groups excluding carboxylic acids is 3. The van der Waals surface area contributed by atoms with Crippen molar-refractivity contribution in [3.05, 3.63) is 65.7 Å². The highest BCUT2D eigenvalue weighted by molar-refractivity contribution is 6.11. The molecule has 3 amide bonds. The minimum atomic E-state index is -1.14. The van der Waals surface area contributed by atoms with Crippen LogP contribution >= 0.6 is 0 Å². The van der Waals surface area contributed by atoms with Crippen LogP contribution in [0, 0.1) is 0 Å². The van der Waals surface area contributed by atoms with E-state index in [0.29, 0.717) is 23.3 Å². The molecule has 6 heteroatoms. The number of hydrogen-bond donors (Lipinski definition) is 1. The largest absolute Gasteiger partial charge is 0.496 e. The molecule has 1 N–H and O–H groups in total. The van der Waals surface area contributed by atoms with Gasteiger partial charge in [-0.3, -0.25) is 14.5 Å². The molecule has 0 spiro atoms. The van der Waals surface area contributed by atoms with Crippen molar-refractivity contribution >= 4 is 17.7 Å². The van der Waals surface area contributed by atoms with Gasteiger partial charge in [-0.15, -0.1) is 0 Å². The standard InChI is InChI=1S/C20H20N2O4/c1-3-20(14-9-5-4-6-10-14)18(24)22(19(25)21-20)13-16(23)15-11-7-8-12-17(15)26-2/h4-12H,3,13H2,1-2H3,(H,21,25)/t20-/m0/s1. The summed E-state index contributed by atoms with van der Waals surface area (Å²) in [5.41, 5.74) is -0.100. The van der Waals surface area contributed by atoms with E-state index in [-0.39, 0.29) is 12.3 Å². The first-order valence-corrected chi connectivity index (χ1v) is 8.39. The van der Waals surface area contributed by atoms with Gasteiger partial charge in [0.25, 0.3) is 5.91 Å². The number of nitrogens with zero attached hydrogens (tertiary/aromatic N) is 1. The molecule has 0 saturated carbocycles. The van der Waals surface area contributed by atoms with Crippen LogP contribution in [0.2, 0.25) is 0 Å². The smallest absolute Gasteiger partial charge is 0.325 e. The van der Waals surface area contributed by atoms with Gasteiger partial charge in [-0.2, -0.15) is 0 Å². The molecule has 1 heterocycles. The first-order chi connectivity index (χ1) is 12.5. The maximum Gasteiger partial charge on any atom is 0.325 e. The SMILES string of the molecule is CC[C@@]1(c2ccccc2)NC(=O)N(CC(=O)c2ccccc2OC)C1=O. The number of methoxy groups -OCH3 is 1. The fraction of sp³-hybridized carbons (Fsp3) is 0.250. The number of nitrogens with one attached hydrogen (secondary N) is 1. The third kappa shape index (κ3) is 2.83. The first kappa shape index (κ1) is 17.7. The van der Waals surface area contributed by atoms with E-state index >= 15 is 0 Å². The maximum absolute atomic E-state index is 13.0. The summed E-state index contributed by atoms with van der Waals surface area (Å²) in [6.45, 7) is 1.50. The van der Waals surface area contributed by atoms with Gasteiger partial charge < -0.3 is 10.1 Å². The molecule has 1 fully saturated rings. The summed E-state index contributed by atoms with van der Waals surface area (Å²) in [6.07, 6.45) is 0.390. The van der Waals surface area contributed by atoms with Gasteiger partial charge in [0, 0.05) is 0 Å². The molecule has 0 radical (unpaired) electrons. The lowest BCUT2D eigenvalue weighted by molar-refractivity contribution is -0.131. The van der Waals surface area contributed by atoms with Crippen molar-refractivity contribution in [1.29, 1.82) is 0 Å². The van der Waals surface area contributed by atoms with Gasteiger partial charge >= 0.3 is 6.03 Å². The fourth-order valence-corrected chi connectivity index (χ4v) is 3.24. The molecule has 1 aliphatic heterocycles. The Morgan fingerprint density at radius 3 is 2.38 bits per heavy atom. The number of hydrogen-bond acceptors (Lipinski definition) is 4. The number of carbonyl (C=O) groups is 3. The Labute approximate surface area is 151 Å². The van der Waals surface area contributed by atoms with Crippen LogP contribution in [0.5, 0.6) is 5.75 Å². The highest BCUT2D eigenvalue weighted by atomic mass is 16.5. The molecule has 26 heavy (non-hydrogen) atoms. The average Bonchev–Trinajstić information content (AvgIpc) is 2.93. The van der Waals surface area contributed by atoms with E-state index < -0.39 is 17.5 Å². The van der Waals surface area contributed by atoms with Gasteiger partial charge in [0.2, 0.25) is 0 Å². The monoisotopic (exact) mass is 352 g/mol. The molecule has 0 unspecified atom stereocenters. The van der Waals surface area contributed by atoms with Gasteiger partial charge in [0.1, 0.15) is 11.3 Å². The van der Waals surface area contributed by atoms with Crippen LogP contribution < -0.4 is 10.1 Å². The fourth-order valence-electron chi connectivity index (χ4n) is 3.24. The predicted octanol–water partition coefficient (Wildman–Crippen LogP) is 2.74. The molecule has 6 nitrogen and oxygen atoms in total. The topological polar surface area (TPSA) is 75.7 Å². The van der Waals surface area contributed by atoms with E-state index in [1.54, 1.807) is 36.4 Å². The van der Waals surface area contributed by atoms with Crippen molar-refractivity contribution in [1.82, 2.24) is 10.2 Å². The number of benzene rings is 2. The second-order valence-corrected chi connectivity index (χ2v) is 6.07. The van der Waals surface area contributed by atoms with Crippen LogP contribution in [0.1, 0.15) is 29.3 Å². The van der Waals surface area contributed by atoms with E-state index in [9.17, 15) is 14.4 Å². The average molecular weight is 352 g/mol. The lowest BCUT2D eigenvalue weighted by Gasteiger charge is -2.25. The van der Waals surface area contributed by atoms with Gasteiger partial charge in [0.15, 0.2) is 5.78 Å². The van der Waals surface area contributed by atoms with Crippen molar-refractivity contribution in [2.75, 3.05) is 13.7 Å². The molecule has 0 aromatic heterocycles. The van der Waals surface area contributed by atoms with E-state index in [2.05, 4.69) is 5.32 Å². The second-order valence-electron chi connectivity index (χ2n) is 6.07. The molecular weight excluding hydrogens is 332 g/mol. The van der Waals surface area contributed by atoms with E-state index in [1.165, 1.54) is 7.11 Å². The number of urea groups is 1. The highest BCUT2D eigenvalue weighted by Gasteiger charge is 2.51. The zero-order chi connectivity index (χ0) is 18.7. The van der Waals surface area contributed by atoms with Crippen LogP contribution in [-0.2, 0) is 10.3 Å². The number of rotatable bonds is 6. The van der Waals surface area contributed by atoms with Crippen LogP contribution in [0.3, 0.4) is 0 Å². The number of amides is 3. The normalized spacial score (nSPS) is 19.4. The minimum absolute atomic E-state index is 0.334. The van der Waals surface area contributed by atoms with Crippen LogP contribution in [0.4, 0.5) is 4.79 Å². The van der Waals surface area contributed by atoms with E-state index in [0.717, 1.165) is 4.90 Å². The van der Waals surface area contributed by atoms with Crippen LogP contribution in [-0.4, -0.2) is 36.3 Å². The van der Waals surface area contributed by atoms with Crippen molar-refractivity contribution in [2.45, 2.75) is 18.9 Å². The van der Waals surface area contributed by atoms with Crippen LogP contribution in [0.15, 0.2) is 54.6 Å². The molecule has 0 aliphatic carbocycles. The molecule has 134 valence electrons. The number of ether oxygens (including phenoxy) is 1. The Balaban J connectivity index is 1.89. The molecule has 1 saturated heterocycles. The lowest BCUT2D eigenvalue weighted by atomic mass is 9.87. The van der Waals surface area contributed by atoms with Gasteiger partial charge in [-0.05, 0) is 24.1 Å². The minimum Gasteiger partial charge on any atom is -0.496 e. The molecule has 2 aromatic carbocycles. The molecular formula is C20H20N2O4. The summed E-state index contributed by atoms with van der Waals surface area (Å²) in [4.78, 5) is 39.1. The van der Waals surface area contributed by atoms with Crippen LogP contribution in [0.25, 0.3) is 0 Å². The maximum atomic E-state index is 13.0. The van der Waals surface area contributed by atoms with Crippen molar-refractivity contribution in [2.24, 2.45) is 0 Å². The first-order valence-electron chi connectivity index (χ1n) is 8.39. The van der Waals surface area contributed by atoms with E-state index in [1.807, 2.05) is 25.1 Å². The van der Waals surface area contributed by atoms with Gasteiger partial charge in [0.05, 0.1) is 19.2 Å². The summed E-state index contributed by atoms with van der Waals surface area (Å²) in [6, 6.07) is 15.2. The number of para-hydroxylation sites is 1. The zero-order valence-corrected chi connectivity index (χ0v) is 14.7. The third-order valence-electron chi connectivity index (χ3n) is 4.68. The summed E-state index contributed by atoms with van der Waals surface area (Å²) in [7, 11) is 1.47. The van der Waals surface area contributed by atoms with Gasteiger partial charge in [-0.1, -0.05) is 49.4 Å². The summed E-state index contributed by atoms with van der Waals surface area (Å²) in [5.74, 6) is -0.361. The number of imide groups is 1. The second kappa shape index (κ2) is 7.00. The Morgan fingerprint density at radius 2 is 1.73 bits per heavy atom. The Morgan fingerprint density at radius 1 is 1.08 bits per heavy atom. The summed E-state index contributed by atoms with van der Waals surface area (Å²) < 4.78 is 5.19. The van der Waals surface area contributed by atoms with E-state index in [4.69, 9.17) is 4.74 Å². The number of ketones is 1. The summed E-state index contributed by atoms with van der Waals surface area (Å²) >= 11 is 0. The number of Topliss-reactive ketones (excluding diaryl/α,β-unsaturated/α-hetero) is 1. The predicted molar refractivity (Wildman–Crippen MR) is 96.0 cm³/mol.